The SMILES string of the molecule is CC(C)COc1ccccc1NC(=O)NCC(O)c1ccco1. The molecule has 0 aliphatic carbocycles. The van der Waals surface area contributed by atoms with Crippen molar-refractivity contribution in [2.24, 2.45) is 5.92 Å². The summed E-state index contributed by atoms with van der Waals surface area (Å²) in [5.74, 6) is 1.41. The van der Waals surface area contributed by atoms with E-state index in [2.05, 4.69) is 24.5 Å². The smallest absolute Gasteiger partial charge is 0.319 e. The Labute approximate surface area is 135 Å². The topological polar surface area (TPSA) is 83.7 Å². The zero-order valence-electron chi connectivity index (χ0n) is 13.3. The van der Waals surface area contributed by atoms with Gasteiger partial charge in [-0.05, 0) is 30.2 Å². The molecule has 23 heavy (non-hydrogen) atoms. The average molecular weight is 318 g/mol. The van der Waals surface area contributed by atoms with Gasteiger partial charge >= 0.3 is 6.03 Å². The number of carbonyl (C=O) groups is 1. The fourth-order valence-electron chi connectivity index (χ4n) is 1.89. The van der Waals surface area contributed by atoms with Crippen molar-refractivity contribution in [3.8, 4) is 5.75 Å². The van der Waals surface area contributed by atoms with Gasteiger partial charge in [-0.25, -0.2) is 4.79 Å². The number of aliphatic hydroxyl groups is 1. The third-order valence-electron chi connectivity index (χ3n) is 3.04. The van der Waals surface area contributed by atoms with E-state index < -0.39 is 12.1 Å². The fourth-order valence-corrected chi connectivity index (χ4v) is 1.89. The molecule has 3 N–H and O–H groups in total. The summed E-state index contributed by atoms with van der Waals surface area (Å²) in [4.78, 5) is 12.0. The second-order valence-corrected chi connectivity index (χ2v) is 5.57. The Morgan fingerprint density at radius 2 is 2.04 bits per heavy atom. The summed E-state index contributed by atoms with van der Waals surface area (Å²) >= 11 is 0. The van der Waals surface area contributed by atoms with Gasteiger partial charge in [0.05, 0.1) is 25.1 Å². The Balaban J connectivity index is 1.87. The number of carbonyl (C=O) groups excluding carboxylic acids is 1. The second kappa shape index (κ2) is 8.24. The summed E-state index contributed by atoms with van der Waals surface area (Å²) in [5, 5.41) is 15.2. The lowest BCUT2D eigenvalue weighted by atomic mass is 10.2. The number of anilines is 1. The van der Waals surface area contributed by atoms with Crippen molar-refractivity contribution in [1.82, 2.24) is 5.32 Å². The second-order valence-electron chi connectivity index (χ2n) is 5.57. The van der Waals surface area contributed by atoms with Gasteiger partial charge in [0.15, 0.2) is 0 Å². The Hall–Kier alpha value is -2.47. The number of nitrogens with one attached hydrogen (secondary N) is 2. The molecule has 1 aromatic carbocycles. The van der Waals surface area contributed by atoms with Crippen LogP contribution in [0.25, 0.3) is 0 Å². The number of aliphatic hydroxyl groups excluding tert-OH is 1. The zero-order chi connectivity index (χ0) is 16.7. The van der Waals surface area contributed by atoms with Gasteiger partial charge < -0.3 is 24.9 Å². The highest BCUT2D eigenvalue weighted by molar-refractivity contribution is 5.90. The van der Waals surface area contributed by atoms with E-state index in [0.717, 1.165) is 0 Å². The van der Waals surface area contributed by atoms with Crippen molar-refractivity contribution in [3.05, 3.63) is 48.4 Å². The summed E-state index contributed by atoms with van der Waals surface area (Å²) in [6.07, 6.45) is 0.587. The largest absolute Gasteiger partial charge is 0.491 e. The molecule has 6 nitrogen and oxygen atoms in total. The predicted octanol–water partition coefficient (Wildman–Crippen LogP) is 3.17. The number of benzene rings is 1. The number of amides is 2. The molecule has 0 fully saturated rings. The molecule has 1 unspecified atom stereocenters. The molecule has 6 heteroatoms. The van der Waals surface area contributed by atoms with Crippen LogP contribution >= 0.6 is 0 Å². The normalized spacial score (nSPS) is 12.0. The van der Waals surface area contributed by atoms with Crippen LogP contribution in [-0.2, 0) is 0 Å². The Bertz CT molecular complexity index is 611. The monoisotopic (exact) mass is 318 g/mol. The van der Waals surface area contributed by atoms with Gasteiger partial charge in [-0.15, -0.1) is 0 Å². The third kappa shape index (κ3) is 5.34. The Morgan fingerprint density at radius 1 is 1.26 bits per heavy atom. The van der Waals surface area contributed by atoms with Gasteiger partial charge in [0, 0.05) is 0 Å². The third-order valence-corrected chi connectivity index (χ3v) is 3.04. The molecule has 0 bridgehead atoms. The summed E-state index contributed by atoms with van der Waals surface area (Å²) in [7, 11) is 0. The van der Waals surface area contributed by atoms with Crippen molar-refractivity contribution >= 4 is 11.7 Å². The maximum absolute atomic E-state index is 12.0. The van der Waals surface area contributed by atoms with Crippen molar-refractivity contribution in [2.45, 2.75) is 20.0 Å². The van der Waals surface area contributed by atoms with E-state index in [0.29, 0.717) is 29.7 Å². The molecule has 0 saturated carbocycles. The van der Waals surface area contributed by atoms with Crippen molar-refractivity contribution in [3.63, 3.8) is 0 Å². The van der Waals surface area contributed by atoms with E-state index in [9.17, 15) is 9.90 Å². The summed E-state index contributed by atoms with van der Waals surface area (Å²) in [6, 6.07) is 10.1. The molecular formula is C17H22N2O4. The minimum absolute atomic E-state index is 0.0500. The molecule has 2 rings (SSSR count). The van der Waals surface area contributed by atoms with Crippen LogP contribution in [0.3, 0.4) is 0 Å². The van der Waals surface area contributed by atoms with E-state index in [1.54, 1.807) is 24.3 Å². The number of rotatable bonds is 7. The van der Waals surface area contributed by atoms with Gasteiger partial charge in [0.25, 0.3) is 0 Å². The van der Waals surface area contributed by atoms with E-state index in [1.807, 2.05) is 12.1 Å². The number of hydrogen-bond donors (Lipinski definition) is 3. The van der Waals surface area contributed by atoms with Gasteiger partial charge in [-0.1, -0.05) is 26.0 Å². The summed E-state index contributed by atoms with van der Waals surface area (Å²) < 4.78 is 10.8. The van der Waals surface area contributed by atoms with Crippen LogP contribution in [0.15, 0.2) is 47.1 Å². The minimum Gasteiger partial charge on any atom is -0.491 e. The maximum Gasteiger partial charge on any atom is 0.319 e. The lowest BCUT2D eigenvalue weighted by Gasteiger charge is -2.15. The number of furan rings is 1. The van der Waals surface area contributed by atoms with Gasteiger partial charge in [-0.2, -0.15) is 0 Å². The molecular weight excluding hydrogens is 296 g/mol. The van der Waals surface area contributed by atoms with Gasteiger partial charge in [0.2, 0.25) is 0 Å². The number of hydrogen-bond acceptors (Lipinski definition) is 4. The first-order chi connectivity index (χ1) is 11.1. The molecule has 0 saturated heterocycles. The maximum atomic E-state index is 12.0. The van der Waals surface area contributed by atoms with E-state index in [1.165, 1.54) is 6.26 Å². The van der Waals surface area contributed by atoms with E-state index in [4.69, 9.17) is 9.15 Å². The van der Waals surface area contributed by atoms with Gasteiger partial charge in [0.1, 0.15) is 17.6 Å². The van der Waals surface area contributed by atoms with Gasteiger partial charge in [-0.3, -0.25) is 0 Å². The van der Waals surface area contributed by atoms with Crippen molar-refractivity contribution in [2.75, 3.05) is 18.5 Å². The standard InChI is InChI=1S/C17H22N2O4/c1-12(2)11-23-15-7-4-3-6-13(15)19-17(21)18-10-14(20)16-8-5-9-22-16/h3-9,12,14,20H,10-11H2,1-2H3,(H2,18,19,21). The number of ether oxygens (including phenoxy) is 1. The van der Waals surface area contributed by atoms with Crippen LogP contribution in [-0.4, -0.2) is 24.3 Å². The molecule has 1 heterocycles. The molecule has 1 aromatic heterocycles. The van der Waals surface area contributed by atoms with Crippen LogP contribution < -0.4 is 15.4 Å². The van der Waals surface area contributed by atoms with Crippen molar-refractivity contribution in [1.29, 1.82) is 0 Å². The molecule has 0 spiro atoms. The zero-order valence-corrected chi connectivity index (χ0v) is 13.3. The number of urea groups is 1. The minimum atomic E-state index is -0.886. The molecule has 2 aromatic rings. The quantitative estimate of drug-likeness (QED) is 0.732. The highest BCUT2D eigenvalue weighted by Crippen LogP contribution is 2.24. The molecule has 0 radical (unpaired) electrons. The molecule has 0 aliphatic heterocycles. The lowest BCUT2D eigenvalue weighted by Crippen LogP contribution is -2.32. The number of para-hydroxylation sites is 2. The molecule has 1 atom stereocenters. The lowest BCUT2D eigenvalue weighted by molar-refractivity contribution is 0.149. The first-order valence-electron chi connectivity index (χ1n) is 7.54. The predicted molar refractivity (Wildman–Crippen MR) is 87.5 cm³/mol. The van der Waals surface area contributed by atoms with E-state index in [-0.39, 0.29) is 6.54 Å². The first-order valence-corrected chi connectivity index (χ1v) is 7.54. The van der Waals surface area contributed by atoms with E-state index >= 15 is 0 Å². The van der Waals surface area contributed by atoms with Crippen LogP contribution in [0.4, 0.5) is 10.5 Å². The van der Waals surface area contributed by atoms with Crippen LogP contribution in [0.1, 0.15) is 25.7 Å². The average Bonchev–Trinajstić information content (AvgIpc) is 3.06. The fraction of sp³-hybridized carbons (Fsp3) is 0.353. The first kappa shape index (κ1) is 16.9. The van der Waals surface area contributed by atoms with Crippen LogP contribution in [0, 0.1) is 5.92 Å². The Morgan fingerprint density at radius 3 is 2.74 bits per heavy atom. The Kier molecular flexibility index (Phi) is 6.05. The molecule has 2 amide bonds. The van der Waals surface area contributed by atoms with Crippen LogP contribution in [0.2, 0.25) is 0 Å². The molecule has 0 aliphatic rings. The van der Waals surface area contributed by atoms with Crippen molar-refractivity contribution < 1.29 is 19.1 Å². The highest BCUT2D eigenvalue weighted by Gasteiger charge is 2.13. The highest BCUT2D eigenvalue weighted by atomic mass is 16.5. The molecule has 124 valence electrons. The van der Waals surface area contributed by atoms with Crippen LogP contribution in [0.5, 0.6) is 5.75 Å². The summed E-state index contributed by atoms with van der Waals surface area (Å²) in [6.45, 7) is 4.73. The summed E-state index contributed by atoms with van der Waals surface area (Å²) in [5.41, 5.74) is 0.582.